The van der Waals surface area contributed by atoms with Gasteiger partial charge < -0.3 is 18.9 Å². The molecule has 0 N–H and O–H groups in total. The molecule has 7 nitrogen and oxygen atoms in total. The second-order valence-electron chi connectivity index (χ2n) is 10.8. The zero-order valence-corrected chi connectivity index (χ0v) is 25.3. The van der Waals surface area contributed by atoms with Crippen LogP contribution in [0.25, 0.3) is 6.08 Å². The van der Waals surface area contributed by atoms with Crippen molar-refractivity contribution in [3.63, 3.8) is 0 Å². The van der Waals surface area contributed by atoms with Crippen molar-refractivity contribution >= 4 is 29.0 Å². The molecule has 1 saturated heterocycles. The minimum absolute atomic E-state index is 0.0923. The molecule has 1 fully saturated rings. The van der Waals surface area contributed by atoms with Crippen LogP contribution in [0.4, 0.5) is 4.79 Å². The van der Waals surface area contributed by atoms with Crippen molar-refractivity contribution in [3.8, 4) is 23.0 Å². The first-order chi connectivity index (χ1) is 19.5. The monoisotopic (exact) mass is 575 g/mol. The summed E-state index contributed by atoms with van der Waals surface area (Å²) in [4.78, 5) is 27.1. The summed E-state index contributed by atoms with van der Waals surface area (Å²) in [5.74, 6) is 2.29. The van der Waals surface area contributed by atoms with Crippen LogP contribution in [-0.2, 0) is 10.2 Å². The van der Waals surface area contributed by atoms with Gasteiger partial charge in [0.25, 0.3) is 11.1 Å². The maximum atomic E-state index is 13.0. The highest BCUT2D eigenvalue weighted by Gasteiger charge is 2.34. The summed E-state index contributed by atoms with van der Waals surface area (Å²) in [5.41, 5.74) is 4.15. The number of hydrogen-bond acceptors (Lipinski definition) is 7. The van der Waals surface area contributed by atoms with Gasteiger partial charge in [-0.05, 0) is 89.7 Å². The topological polar surface area (TPSA) is 74.3 Å². The van der Waals surface area contributed by atoms with E-state index in [2.05, 4.69) is 32.9 Å². The van der Waals surface area contributed by atoms with Crippen molar-refractivity contribution in [2.75, 3.05) is 33.5 Å². The van der Waals surface area contributed by atoms with Crippen molar-refractivity contribution in [2.45, 2.75) is 40.0 Å². The molecule has 0 bridgehead atoms. The van der Waals surface area contributed by atoms with E-state index in [9.17, 15) is 9.59 Å². The Hall–Kier alpha value is -3.91. The highest BCUT2D eigenvalue weighted by atomic mass is 32.2. The van der Waals surface area contributed by atoms with Crippen LogP contribution in [0.5, 0.6) is 23.0 Å². The number of amides is 2. The van der Waals surface area contributed by atoms with Crippen LogP contribution in [0.15, 0.2) is 65.6 Å². The summed E-state index contributed by atoms with van der Waals surface area (Å²) in [6.07, 6.45) is 1.69. The Morgan fingerprint density at radius 1 is 0.805 bits per heavy atom. The molecular formula is C33H37NO6S. The fourth-order valence-corrected chi connectivity index (χ4v) is 5.07. The molecule has 0 saturated carbocycles. The molecule has 8 heteroatoms. The van der Waals surface area contributed by atoms with Crippen LogP contribution >= 0.6 is 11.8 Å². The molecule has 216 valence electrons. The molecule has 1 heterocycles. The van der Waals surface area contributed by atoms with E-state index in [-0.39, 0.29) is 29.7 Å². The summed E-state index contributed by atoms with van der Waals surface area (Å²) in [6.45, 7) is 11.6. The maximum absolute atomic E-state index is 13.0. The Morgan fingerprint density at radius 3 is 2.22 bits per heavy atom. The van der Waals surface area contributed by atoms with Gasteiger partial charge in [0, 0.05) is 0 Å². The van der Waals surface area contributed by atoms with Crippen molar-refractivity contribution < 1.29 is 28.5 Å². The minimum Gasteiger partial charge on any atom is -0.493 e. The summed E-state index contributed by atoms with van der Waals surface area (Å²) < 4.78 is 23.1. The number of hydrogen-bond donors (Lipinski definition) is 0. The molecular weight excluding hydrogens is 538 g/mol. The number of aryl methyl sites for hydroxylation is 2. The lowest BCUT2D eigenvalue weighted by atomic mass is 9.87. The van der Waals surface area contributed by atoms with Gasteiger partial charge in [0.15, 0.2) is 11.5 Å². The van der Waals surface area contributed by atoms with Crippen LogP contribution in [0.2, 0.25) is 0 Å². The van der Waals surface area contributed by atoms with Crippen molar-refractivity contribution in [1.29, 1.82) is 0 Å². The predicted octanol–water partition coefficient (Wildman–Crippen LogP) is 7.18. The highest BCUT2D eigenvalue weighted by molar-refractivity contribution is 8.18. The number of ether oxygens (including phenoxy) is 4. The van der Waals surface area contributed by atoms with Gasteiger partial charge in [-0.25, -0.2) is 0 Å². The van der Waals surface area contributed by atoms with E-state index in [1.807, 2.05) is 50.2 Å². The molecule has 2 amide bonds. The second-order valence-corrected chi connectivity index (χ2v) is 11.8. The lowest BCUT2D eigenvalue weighted by Crippen LogP contribution is -2.32. The minimum atomic E-state index is -0.337. The number of imide groups is 1. The van der Waals surface area contributed by atoms with Gasteiger partial charge in [-0.3, -0.25) is 14.5 Å². The molecule has 0 aromatic heterocycles. The van der Waals surface area contributed by atoms with Gasteiger partial charge in [0.05, 0.1) is 18.6 Å². The SMILES string of the molecule is COc1cc(/C=C2\SC(=O)N(CCOc3cc(C)ccc3C)C2=O)ccc1OCCOc1ccc(C(C)(C)C)cc1. The summed E-state index contributed by atoms with van der Waals surface area (Å²) in [7, 11) is 1.56. The van der Waals surface area contributed by atoms with E-state index in [4.69, 9.17) is 18.9 Å². The number of rotatable bonds is 11. The summed E-state index contributed by atoms with van der Waals surface area (Å²) in [5, 5.41) is -0.314. The number of methoxy groups -OCH3 is 1. The third-order valence-electron chi connectivity index (χ3n) is 6.61. The van der Waals surface area contributed by atoms with E-state index in [0.29, 0.717) is 29.6 Å². The van der Waals surface area contributed by atoms with Gasteiger partial charge in [0.2, 0.25) is 0 Å². The normalized spacial score (nSPS) is 14.5. The number of thioether (sulfide) groups is 1. The second kappa shape index (κ2) is 13.2. The third-order valence-corrected chi connectivity index (χ3v) is 7.51. The van der Waals surface area contributed by atoms with Crippen LogP contribution in [0.1, 0.15) is 43.0 Å². The first kappa shape index (κ1) is 30.1. The number of carbonyl (C=O) groups excluding carboxylic acids is 2. The van der Waals surface area contributed by atoms with Crippen LogP contribution < -0.4 is 18.9 Å². The zero-order chi connectivity index (χ0) is 29.6. The average Bonchev–Trinajstić information content (AvgIpc) is 3.20. The van der Waals surface area contributed by atoms with E-state index in [1.54, 1.807) is 25.3 Å². The fraction of sp³-hybridized carbons (Fsp3) is 0.333. The molecule has 41 heavy (non-hydrogen) atoms. The third kappa shape index (κ3) is 7.85. The highest BCUT2D eigenvalue weighted by Crippen LogP contribution is 2.34. The molecule has 0 spiro atoms. The Bertz CT molecular complexity index is 1420. The maximum Gasteiger partial charge on any atom is 0.293 e. The lowest BCUT2D eigenvalue weighted by Gasteiger charge is -2.19. The molecule has 0 radical (unpaired) electrons. The zero-order valence-electron chi connectivity index (χ0n) is 24.5. The first-order valence-corrected chi connectivity index (χ1v) is 14.4. The largest absolute Gasteiger partial charge is 0.493 e. The van der Waals surface area contributed by atoms with Crippen molar-refractivity contribution in [1.82, 2.24) is 4.90 Å². The summed E-state index contributed by atoms with van der Waals surface area (Å²) >= 11 is 0.917. The first-order valence-electron chi connectivity index (χ1n) is 13.5. The molecule has 0 atom stereocenters. The van der Waals surface area contributed by atoms with E-state index in [0.717, 1.165) is 40.0 Å². The lowest BCUT2D eigenvalue weighted by molar-refractivity contribution is -0.123. The van der Waals surface area contributed by atoms with Crippen LogP contribution in [0.3, 0.4) is 0 Å². The van der Waals surface area contributed by atoms with E-state index in [1.165, 1.54) is 10.5 Å². The Balaban J connectivity index is 1.31. The van der Waals surface area contributed by atoms with Crippen molar-refractivity contribution in [2.24, 2.45) is 0 Å². The molecule has 3 aromatic rings. The quantitative estimate of drug-likeness (QED) is 0.177. The summed E-state index contributed by atoms with van der Waals surface area (Å²) in [6, 6.07) is 19.4. The van der Waals surface area contributed by atoms with Gasteiger partial charge in [-0.1, -0.05) is 51.1 Å². The molecule has 1 aliphatic heterocycles. The molecule has 1 aliphatic rings. The molecule has 0 unspecified atom stereocenters. The van der Waals surface area contributed by atoms with Gasteiger partial charge in [-0.15, -0.1) is 0 Å². The number of nitrogens with zero attached hydrogens (tertiary/aromatic N) is 1. The van der Waals surface area contributed by atoms with Gasteiger partial charge in [0.1, 0.15) is 31.3 Å². The average molecular weight is 576 g/mol. The fourth-order valence-electron chi connectivity index (χ4n) is 4.21. The van der Waals surface area contributed by atoms with Crippen molar-refractivity contribution in [3.05, 3.63) is 87.8 Å². The molecule has 0 aliphatic carbocycles. The number of benzene rings is 3. The molecule has 4 rings (SSSR count). The van der Waals surface area contributed by atoms with Gasteiger partial charge in [-0.2, -0.15) is 0 Å². The van der Waals surface area contributed by atoms with E-state index >= 15 is 0 Å². The Kier molecular flexibility index (Phi) is 9.65. The molecule has 3 aromatic carbocycles. The predicted molar refractivity (Wildman–Crippen MR) is 163 cm³/mol. The van der Waals surface area contributed by atoms with E-state index < -0.39 is 0 Å². The standard InChI is InChI=1S/C33H37NO6S/c1-22-7-8-23(2)28(19-22)39-16-15-34-31(35)30(41-32(34)36)21-24-9-14-27(29(20-24)37-6)40-18-17-38-26-12-10-25(11-13-26)33(3,4)5/h7-14,19-21H,15-18H2,1-6H3/b30-21-. The number of carbonyl (C=O) groups is 2. The van der Waals surface area contributed by atoms with Gasteiger partial charge >= 0.3 is 0 Å². The smallest absolute Gasteiger partial charge is 0.293 e. The van der Waals surface area contributed by atoms with Crippen LogP contribution in [-0.4, -0.2) is 49.5 Å². The Labute approximate surface area is 246 Å². The Morgan fingerprint density at radius 2 is 1.51 bits per heavy atom. The van der Waals surface area contributed by atoms with Crippen LogP contribution in [0, 0.1) is 13.8 Å².